The van der Waals surface area contributed by atoms with Crippen molar-refractivity contribution in [1.29, 1.82) is 0 Å². The normalized spacial score (nSPS) is 12.4. The smallest absolute Gasteiger partial charge is 0.407 e. The predicted octanol–water partition coefficient (Wildman–Crippen LogP) is 5.17. The quantitative estimate of drug-likeness (QED) is 0.471. The van der Waals surface area contributed by atoms with Gasteiger partial charge < -0.3 is 19.6 Å². The van der Waals surface area contributed by atoms with Gasteiger partial charge in [0.15, 0.2) is 0 Å². The molecule has 0 bridgehead atoms. The highest BCUT2D eigenvalue weighted by Crippen LogP contribution is 2.44. The summed E-state index contributed by atoms with van der Waals surface area (Å²) in [5.74, 6) is -0.499. The molecule has 0 saturated carbocycles. The third kappa shape index (κ3) is 3.53. The molecule has 5 rings (SSSR count). The predicted molar refractivity (Wildman–Crippen MR) is 115 cm³/mol. The molecule has 1 heterocycles. The van der Waals surface area contributed by atoms with Crippen molar-refractivity contribution in [2.45, 2.75) is 12.5 Å². The lowest BCUT2D eigenvalue weighted by atomic mass is 9.98. The molecule has 3 aromatic carbocycles. The highest BCUT2D eigenvalue weighted by Gasteiger charge is 2.29. The molecule has 154 valence electrons. The zero-order valence-corrected chi connectivity index (χ0v) is 16.5. The van der Waals surface area contributed by atoms with Gasteiger partial charge in [-0.2, -0.15) is 0 Å². The van der Waals surface area contributed by atoms with E-state index in [0.717, 1.165) is 16.5 Å². The van der Waals surface area contributed by atoms with Crippen LogP contribution in [0.5, 0.6) is 0 Å². The average molecular weight is 413 g/mol. The van der Waals surface area contributed by atoms with Gasteiger partial charge in [0.2, 0.25) is 0 Å². The first-order valence-corrected chi connectivity index (χ1v) is 9.95. The lowest BCUT2D eigenvalue weighted by Gasteiger charge is -2.14. The summed E-state index contributed by atoms with van der Waals surface area (Å²) in [5.41, 5.74) is 5.28. The molecule has 2 N–H and O–H groups in total. The van der Waals surface area contributed by atoms with Gasteiger partial charge in [0.05, 0.1) is 12.1 Å². The summed E-state index contributed by atoms with van der Waals surface area (Å²) in [7, 11) is 0. The molecule has 1 amide bonds. The van der Waals surface area contributed by atoms with Crippen LogP contribution in [0, 0.1) is 0 Å². The van der Waals surface area contributed by atoms with E-state index in [1.807, 2.05) is 24.3 Å². The number of carbonyl (C=O) groups excluding carboxylic acids is 1. The third-order valence-corrected chi connectivity index (χ3v) is 5.57. The fraction of sp³-hybridized carbons (Fsp3) is 0.120. The number of aromatic carboxylic acids is 1. The van der Waals surface area contributed by atoms with E-state index in [9.17, 15) is 9.59 Å². The van der Waals surface area contributed by atoms with Crippen LogP contribution in [0.3, 0.4) is 0 Å². The lowest BCUT2D eigenvalue weighted by molar-refractivity contribution is 0.0697. The highest BCUT2D eigenvalue weighted by atomic mass is 16.5. The van der Waals surface area contributed by atoms with Crippen molar-refractivity contribution in [2.75, 3.05) is 6.61 Å². The van der Waals surface area contributed by atoms with Gasteiger partial charge in [0.1, 0.15) is 18.0 Å². The molecule has 1 aliphatic rings. The van der Waals surface area contributed by atoms with Crippen LogP contribution in [-0.4, -0.2) is 23.8 Å². The molecule has 4 aromatic rings. The molecule has 0 radical (unpaired) electrons. The number of benzene rings is 3. The number of furan rings is 1. The van der Waals surface area contributed by atoms with E-state index in [1.54, 1.807) is 12.1 Å². The van der Waals surface area contributed by atoms with Crippen LogP contribution in [-0.2, 0) is 11.3 Å². The van der Waals surface area contributed by atoms with Crippen molar-refractivity contribution >= 4 is 23.0 Å². The van der Waals surface area contributed by atoms with Gasteiger partial charge in [-0.05, 0) is 40.5 Å². The molecule has 0 unspecified atom stereocenters. The summed E-state index contributed by atoms with van der Waals surface area (Å²) in [6.07, 6.45) is -0.534. The Morgan fingerprint density at radius 1 is 0.935 bits per heavy atom. The number of hydrogen-bond acceptors (Lipinski definition) is 4. The van der Waals surface area contributed by atoms with Gasteiger partial charge in [0, 0.05) is 11.3 Å². The maximum Gasteiger partial charge on any atom is 0.407 e. The lowest BCUT2D eigenvalue weighted by Crippen LogP contribution is -2.25. The Bertz CT molecular complexity index is 1260. The van der Waals surface area contributed by atoms with E-state index in [1.165, 1.54) is 23.3 Å². The van der Waals surface area contributed by atoms with Crippen molar-refractivity contribution in [2.24, 2.45) is 0 Å². The molecular weight excluding hydrogens is 394 g/mol. The van der Waals surface area contributed by atoms with Crippen LogP contribution in [0.1, 0.15) is 33.2 Å². The Labute approximate surface area is 178 Å². The summed E-state index contributed by atoms with van der Waals surface area (Å²) < 4.78 is 11.2. The maximum atomic E-state index is 12.3. The van der Waals surface area contributed by atoms with Crippen LogP contribution in [0.15, 0.2) is 77.2 Å². The number of carboxylic acids is 1. The molecule has 1 aliphatic carbocycles. The molecule has 0 fully saturated rings. The first kappa shape index (κ1) is 18.9. The fourth-order valence-corrected chi connectivity index (χ4v) is 4.12. The summed E-state index contributed by atoms with van der Waals surface area (Å²) >= 11 is 0. The highest BCUT2D eigenvalue weighted by molar-refractivity contribution is 5.92. The van der Waals surface area contributed by atoms with Crippen LogP contribution >= 0.6 is 0 Å². The first-order valence-electron chi connectivity index (χ1n) is 9.95. The van der Waals surface area contributed by atoms with E-state index in [-0.39, 0.29) is 24.6 Å². The van der Waals surface area contributed by atoms with E-state index >= 15 is 0 Å². The molecule has 6 nitrogen and oxygen atoms in total. The zero-order valence-electron chi connectivity index (χ0n) is 16.5. The second kappa shape index (κ2) is 7.65. The Morgan fingerprint density at radius 2 is 1.61 bits per heavy atom. The number of ether oxygens (including phenoxy) is 1. The van der Waals surface area contributed by atoms with E-state index in [2.05, 4.69) is 29.6 Å². The zero-order chi connectivity index (χ0) is 21.4. The van der Waals surface area contributed by atoms with Crippen LogP contribution in [0.2, 0.25) is 0 Å². The monoisotopic (exact) mass is 413 g/mol. The van der Waals surface area contributed by atoms with Crippen molar-refractivity contribution < 1.29 is 23.8 Å². The van der Waals surface area contributed by atoms with E-state index < -0.39 is 12.1 Å². The van der Waals surface area contributed by atoms with Crippen molar-refractivity contribution in [3.8, 4) is 11.1 Å². The van der Waals surface area contributed by atoms with Gasteiger partial charge in [-0.25, -0.2) is 9.59 Å². The van der Waals surface area contributed by atoms with Crippen molar-refractivity contribution in [1.82, 2.24) is 5.32 Å². The minimum atomic E-state index is -1.02. The topological polar surface area (TPSA) is 88.8 Å². The Balaban J connectivity index is 1.24. The van der Waals surface area contributed by atoms with Crippen LogP contribution in [0.25, 0.3) is 22.1 Å². The summed E-state index contributed by atoms with van der Waals surface area (Å²) in [6, 6.07) is 22.8. The number of hydrogen-bond donors (Lipinski definition) is 2. The van der Waals surface area contributed by atoms with Gasteiger partial charge in [-0.3, -0.25) is 0 Å². The molecule has 0 atom stereocenters. The molecule has 0 saturated heterocycles. The molecule has 1 aromatic heterocycles. The molecular formula is C25H19NO5. The standard InChI is InChI=1S/C25H19NO5/c27-24(28)16-10-9-15-11-17(31-23(15)12-16)13-26-25(29)30-14-22-20-7-3-1-5-18(20)19-6-2-4-8-21(19)22/h1-12,22H,13-14H2,(H,26,29)(H,27,28). The minimum Gasteiger partial charge on any atom is -0.478 e. The fourth-order valence-electron chi connectivity index (χ4n) is 4.12. The van der Waals surface area contributed by atoms with E-state index in [0.29, 0.717) is 11.3 Å². The molecule has 0 spiro atoms. The number of nitrogens with one attached hydrogen (secondary N) is 1. The van der Waals surface area contributed by atoms with Gasteiger partial charge >= 0.3 is 12.1 Å². The van der Waals surface area contributed by atoms with Crippen molar-refractivity contribution in [3.05, 3.63) is 95.2 Å². The number of carbonyl (C=O) groups is 2. The summed E-state index contributed by atoms with van der Waals surface area (Å²) in [4.78, 5) is 23.4. The van der Waals surface area contributed by atoms with Gasteiger partial charge in [-0.15, -0.1) is 0 Å². The van der Waals surface area contributed by atoms with E-state index in [4.69, 9.17) is 14.3 Å². The molecule has 6 heteroatoms. The van der Waals surface area contributed by atoms with Crippen LogP contribution < -0.4 is 5.32 Å². The Hall–Kier alpha value is -4.06. The van der Waals surface area contributed by atoms with Gasteiger partial charge in [0.25, 0.3) is 0 Å². The second-order valence-electron chi connectivity index (χ2n) is 7.45. The second-order valence-corrected chi connectivity index (χ2v) is 7.45. The average Bonchev–Trinajstić information content (AvgIpc) is 3.34. The van der Waals surface area contributed by atoms with Crippen molar-refractivity contribution in [3.63, 3.8) is 0 Å². The number of carboxylic acid groups (broad SMARTS) is 1. The Kier molecular flexibility index (Phi) is 4.67. The van der Waals surface area contributed by atoms with Crippen LogP contribution in [0.4, 0.5) is 4.79 Å². The summed E-state index contributed by atoms with van der Waals surface area (Å²) in [6.45, 7) is 0.385. The van der Waals surface area contributed by atoms with Gasteiger partial charge in [-0.1, -0.05) is 54.6 Å². The summed E-state index contributed by atoms with van der Waals surface area (Å²) in [5, 5.41) is 12.6. The number of rotatable bonds is 5. The molecule has 0 aliphatic heterocycles. The molecule has 31 heavy (non-hydrogen) atoms. The number of alkyl carbamates (subject to hydrolysis) is 1. The number of amides is 1. The first-order chi connectivity index (χ1) is 15.1. The maximum absolute atomic E-state index is 12.3. The SMILES string of the molecule is O=C(NCc1cc2ccc(C(=O)O)cc2o1)OCC1c2ccccc2-c2ccccc21. The Morgan fingerprint density at radius 3 is 2.29 bits per heavy atom. The minimum absolute atomic E-state index is 0.00112. The largest absolute Gasteiger partial charge is 0.478 e. The third-order valence-electron chi connectivity index (χ3n) is 5.57. The number of fused-ring (bicyclic) bond motifs is 4.